The van der Waals surface area contributed by atoms with Gasteiger partial charge in [0.2, 0.25) is 16.9 Å². The number of anilines is 2. The van der Waals surface area contributed by atoms with Gasteiger partial charge in [-0.1, -0.05) is 30.6 Å². The summed E-state index contributed by atoms with van der Waals surface area (Å²) in [5.41, 5.74) is 0.680. The maximum Gasteiger partial charge on any atom is 0.229 e. The number of nitrogens with one attached hydrogen (secondary N) is 1. The summed E-state index contributed by atoms with van der Waals surface area (Å²) in [4.78, 5) is 26.3. The van der Waals surface area contributed by atoms with Gasteiger partial charge < -0.3 is 10.2 Å². The quantitative estimate of drug-likeness (QED) is 0.866. The maximum absolute atomic E-state index is 13.1. The van der Waals surface area contributed by atoms with Gasteiger partial charge in [-0.15, -0.1) is 10.2 Å². The SMILES string of the molecule is O=C(Nc1nnc(C2CC(=O)N(c3ccc(F)cc3)C2)s1)C1CCCCC1. The molecule has 4 rings (SSSR count). The first-order chi connectivity index (χ1) is 13.1. The molecule has 2 fully saturated rings. The molecular formula is C19H21FN4O2S. The Balaban J connectivity index is 1.40. The number of amides is 2. The van der Waals surface area contributed by atoms with Gasteiger partial charge in [0, 0.05) is 30.5 Å². The van der Waals surface area contributed by atoms with Crippen LogP contribution < -0.4 is 10.2 Å². The van der Waals surface area contributed by atoms with E-state index in [0.717, 1.165) is 30.7 Å². The molecule has 1 aromatic heterocycles. The van der Waals surface area contributed by atoms with Crippen LogP contribution in [0.4, 0.5) is 15.2 Å². The van der Waals surface area contributed by atoms with E-state index in [2.05, 4.69) is 15.5 Å². The van der Waals surface area contributed by atoms with Gasteiger partial charge in [-0.3, -0.25) is 9.59 Å². The fourth-order valence-corrected chi connectivity index (χ4v) is 4.60. The fourth-order valence-electron chi connectivity index (χ4n) is 3.77. The van der Waals surface area contributed by atoms with Gasteiger partial charge in [0.25, 0.3) is 0 Å². The summed E-state index contributed by atoms with van der Waals surface area (Å²) < 4.78 is 13.1. The number of carbonyl (C=O) groups excluding carboxylic acids is 2. The topological polar surface area (TPSA) is 75.2 Å². The Labute approximate surface area is 160 Å². The Morgan fingerprint density at radius 1 is 1.15 bits per heavy atom. The van der Waals surface area contributed by atoms with Crippen LogP contribution in [0, 0.1) is 11.7 Å². The third-order valence-corrected chi connectivity index (χ3v) is 6.26. The Morgan fingerprint density at radius 3 is 2.63 bits per heavy atom. The number of benzene rings is 1. The second kappa shape index (κ2) is 7.72. The van der Waals surface area contributed by atoms with Crippen LogP contribution in [0.15, 0.2) is 24.3 Å². The first-order valence-electron chi connectivity index (χ1n) is 9.30. The van der Waals surface area contributed by atoms with E-state index in [1.165, 1.54) is 29.9 Å². The third kappa shape index (κ3) is 4.00. The lowest BCUT2D eigenvalue weighted by Gasteiger charge is -2.19. The largest absolute Gasteiger partial charge is 0.312 e. The molecule has 1 atom stereocenters. The minimum absolute atomic E-state index is 0.0189. The molecule has 1 aliphatic carbocycles. The predicted molar refractivity (Wildman–Crippen MR) is 101 cm³/mol. The van der Waals surface area contributed by atoms with E-state index in [4.69, 9.17) is 0 Å². The van der Waals surface area contributed by atoms with Crippen molar-refractivity contribution in [3.63, 3.8) is 0 Å². The van der Waals surface area contributed by atoms with Gasteiger partial charge in [-0.05, 0) is 37.1 Å². The zero-order chi connectivity index (χ0) is 18.8. The highest BCUT2D eigenvalue weighted by molar-refractivity contribution is 7.15. The van der Waals surface area contributed by atoms with E-state index in [1.807, 2.05) is 0 Å². The highest BCUT2D eigenvalue weighted by atomic mass is 32.1. The van der Waals surface area contributed by atoms with E-state index in [-0.39, 0.29) is 29.5 Å². The molecule has 1 N–H and O–H groups in total. The van der Waals surface area contributed by atoms with Crippen molar-refractivity contribution in [2.24, 2.45) is 5.92 Å². The Hall–Kier alpha value is -2.35. The molecule has 0 radical (unpaired) electrons. The highest BCUT2D eigenvalue weighted by Crippen LogP contribution is 2.34. The van der Waals surface area contributed by atoms with Crippen LogP contribution in [0.5, 0.6) is 0 Å². The second-order valence-electron chi connectivity index (χ2n) is 7.15. The van der Waals surface area contributed by atoms with E-state index in [0.29, 0.717) is 23.8 Å². The molecule has 6 nitrogen and oxygen atoms in total. The van der Waals surface area contributed by atoms with Crippen molar-refractivity contribution in [2.75, 3.05) is 16.8 Å². The molecule has 1 aliphatic heterocycles. The first-order valence-corrected chi connectivity index (χ1v) is 10.1. The second-order valence-corrected chi connectivity index (χ2v) is 8.16. The molecule has 142 valence electrons. The number of hydrogen-bond acceptors (Lipinski definition) is 5. The third-order valence-electron chi connectivity index (χ3n) is 5.26. The predicted octanol–water partition coefficient (Wildman–Crippen LogP) is 3.72. The summed E-state index contributed by atoms with van der Waals surface area (Å²) in [6, 6.07) is 5.90. The van der Waals surface area contributed by atoms with Crippen LogP contribution in [0.3, 0.4) is 0 Å². The molecule has 0 spiro atoms. The summed E-state index contributed by atoms with van der Waals surface area (Å²) in [5, 5.41) is 12.4. The summed E-state index contributed by atoms with van der Waals surface area (Å²) in [5.74, 6) is -0.333. The number of aromatic nitrogens is 2. The van der Waals surface area contributed by atoms with Crippen molar-refractivity contribution >= 4 is 34.0 Å². The van der Waals surface area contributed by atoms with Gasteiger partial charge in [-0.25, -0.2) is 4.39 Å². The standard InChI is InChI=1S/C19H21FN4O2S/c20-14-6-8-15(9-7-14)24-11-13(10-16(24)25)18-22-23-19(27-18)21-17(26)12-4-2-1-3-5-12/h6-9,12-13H,1-5,10-11H2,(H,21,23,26). The molecule has 27 heavy (non-hydrogen) atoms. The van der Waals surface area contributed by atoms with Gasteiger partial charge >= 0.3 is 0 Å². The Bertz CT molecular complexity index is 832. The monoisotopic (exact) mass is 388 g/mol. The molecule has 1 saturated heterocycles. The number of rotatable bonds is 4. The van der Waals surface area contributed by atoms with Gasteiger partial charge in [0.15, 0.2) is 0 Å². The molecule has 2 heterocycles. The van der Waals surface area contributed by atoms with Crippen molar-refractivity contribution in [2.45, 2.75) is 44.4 Å². The summed E-state index contributed by atoms with van der Waals surface area (Å²) >= 11 is 1.33. The van der Waals surface area contributed by atoms with E-state index >= 15 is 0 Å². The van der Waals surface area contributed by atoms with Crippen molar-refractivity contribution in [3.8, 4) is 0 Å². The van der Waals surface area contributed by atoms with Gasteiger partial charge in [0.05, 0.1) is 0 Å². The average molecular weight is 388 g/mol. The van der Waals surface area contributed by atoms with Crippen LogP contribution in [0.1, 0.15) is 49.5 Å². The molecule has 8 heteroatoms. The molecule has 2 aliphatic rings. The minimum Gasteiger partial charge on any atom is -0.312 e. The lowest BCUT2D eigenvalue weighted by atomic mass is 9.89. The van der Waals surface area contributed by atoms with Crippen molar-refractivity contribution < 1.29 is 14.0 Å². The molecule has 1 aromatic carbocycles. The zero-order valence-electron chi connectivity index (χ0n) is 14.9. The van der Waals surface area contributed by atoms with E-state index in [9.17, 15) is 14.0 Å². The van der Waals surface area contributed by atoms with Crippen LogP contribution >= 0.6 is 11.3 Å². The number of hydrogen-bond donors (Lipinski definition) is 1. The summed E-state index contributed by atoms with van der Waals surface area (Å²) in [7, 11) is 0. The van der Waals surface area contributed by atoms with Gasteiger partial charge in [0.1, 0.15) is 10.8 Å². The molecule has 1 unspecified atom stereocenters. The lowest BCUT2D eigenvalue weighted by molar-refractivity contribution is -0.120. The smallest absolute Gasteiger partial charge is 0.229 e. The molecule has 2 amide bonds. The molecule has 1 saturated carbocycles. The van der Waals surface area contributed by atoms with Crippen molar-refractivity contribution in [1.29, 1.82) is 0 Å². The lowest BCUT2D eigenvalue weighted by Crippen LogP contribution is -2.24. The van der Waals surface area contributed by atoms with Crippen molar-refractivity contribution in [1.82, 2.24) is 10.2 Å². The fraction of sp³-hybridized carbons (Fsp3) is 0.474. The van der Waals surface area contributed by atoms with Gasteiger partial charge in [-0.2, -0.15) is 0 Å². The Kier molecular flexibility index (Phi) is 5.15. The summed E-state index contributed by atoms with van der Waals surface area (Å²) in [6.45, 7) is 0.482. The first kappa shape index (κ1) is 18.0. The maximum atomic E-state index is 13.1. The molecule has 0 bridgehead atoms. The van der Waals surface area contributed by atoms with Crippen molar-refractivity contribution in [3.05, 3.63) is 35.1 Å². The number of halogens is 1. The van der Waals surface area contributed by atoms with Crippen LogP contribution in [-0.2, 0) is 9.59 Å². The molecular weight excluding hydrogens is 367 g/mol. The van der Waals surface area contributed by atoms with E-state index in [1.54, 1.807) is 17.0 Å². The normalized spacial score (nSPS) is 20.9. The Morgan fingerprint density at radius 2 is 1.89 bits per heavy atom. The summed E-state index contributed by atoms with van der Waals surface area (Å²) in [6.07, 6.45) is 5.60. The highest BCUT2D eigenvalue weighted by Gasteiger charge is 2.34. The number of carbonyl (C=O) groups is 2. The number of nitrogens with zero attached hydrogens (tertiary/aromatic N) is 3. The average Bonchev–Trinajstić information content (AvgIpc) is 3.30. The minimum atomic E-state index is -0.329. The molecule has 2 aromatic rings. The van der Waals surface area contributed by atoms with E-state index < -0.39 is 0 Å². The zero-order valence-corrected chi connectivity index (χ0v) is 15.7. The van der Waals surface area contributed by atoms with Crippen LogP contribution in [0.25, 0.3) is 0 Å². The van der Waals surface area contributed by atoms with Crippen LogP contribution in [0.2, 0.25) is 0 Å². The van der Waals surface area contributed by atoms with Crippen LogP contribution in [-0.4, -0.2) is 28.6 Å².